The summed E-state index contributed by atoms with van der Waals surface area (Å²) in [5, 5.41) is 8.47. The van der Waals surface area contributed by atoms with Crippen LogP contribution in [0.3, 0.4) is 0 Å². The molecule has 0 fully saturated rings. The molecular formula is C29H21Cl2FN4O3S. The number of thioether (sulfide) groups is 1. The molecule has 4 rings (SSSR count). The van der Waals surface area contributed by atoms with E-state index in [1.54, 1.807) is 66.7 Å². The number of amides is 3. The zero-order valence-electron chi connectivity index (χ0n) is 20.7. The van der Waals surface area contributed by atoms with Crippen molar-refractivity contribution < 1.29 is 18.8 Å². The molecule has 0 spiro atoms. The molecule has 0 aliphatic heterocycles. The second kappa shape index (κ2) is 13.7. The number of rotatable bonds is 9. The molecule has 4 aromatic rings. The molecule has 7 nitrogen and oxygen atoms in total. The first-order valence-corrected chi connectivity index (χ1v) is 13.5. The molecule has 3 amide bonds. The maximum atomic E-state index is 14.5. The van der Waals surface area contributed by atoms with E-state index in [1.807, 2.05) is 0 Å². The summed E-state index contributed by atoms with van der Waals surface area (Å²) in [6, 6.07) is 22.4. The third-order valence-corrected chi connectivity index (χ3v) is 6.82. The van der Waals surface area contributed by atoms with Gasteiger partial charge in [-0.3, -0.25) is 14.4 Å². The van der Waals surface area contributed by atoms with E-state index in [0.29, 0.717) is 27.0 Å². The van der Waals surface area contributed by atoms with Gasteiger partial charge in [-0.2, -0.15) is 0 Å². The molecular weight excluding hydrogens is 574 g/mol. The molecule has 0 bridgehead atoms. The fourth-order valence-electron chi connectivity index (χ4n) is 3.37. The van der Waals surface area contributed by atoms with Gasteiger partial charge in [-0.1, -0.05) is 53.5 Å². The minimum Gasteiger partial charge on any atom is -0.321 e. The van der Waals surface area contributed by atoms with Gasteiger partial charge in [0, 0.05) is 27.9 Å². The van der Waals surface area contributed by atoms with Crippen LogP contribution < -0.4 is 16.0 Å². The second-order valence-corrected chi connectivity index (χ2v) is 10.1. The Hall–Kier alpha value is -4.18. The summed E-state index contributed by atoms with van der Waals surface area (Å²) in [6.45, 7) is 0. The zero-order valence-corrected chi connectivity index (χ0v) is 23.0. The van der Waals surface area contributed by atoms with Crippen LogP contribution in [-0.4, -0.2) is 28.5 Å². The Morgan fingerprint density at radius 1 is 0.900 bits per heavy atom. The predicted molar refractivity (Wildman–Crippen MR) is 157 cm³/mol. The maximum absolute atomic E-state index is 14.5. The van der Waals surface area contributed by atoms with Gasteiger partial charge in [-0.05, 0) is 60.7 Å². The van der Waals surface area contributed by atoms with Crippen LogP contribution in [0.5, 0.6) is 0 Å². The minimum atomic E-state index is -0.697. The topological polar surface area (TPSA) is 100 Å². The molecule has 0 radical (unpaired) electrons. The fourth-order valence-corrected chi connectivity index (χ4v) is 4.46. The lowest BCUT2D eigenvalue weighted by molar-refractivity contribution is -0.114. The van der Waals surface area contributed by atoms with Crippen molar-refractivity contribution in [3.8, 4) is 0 Å². The monoisotopic (exact) mass is 594 g/mol. The summed E-state index contributed by atoms with van der Waals surface area (Å²) >= 11 is 13.2. The highest BCUT2D eigenvalue weighted by Gasteiger charge is 2.17. The van der Waals surface area contributed by atoms with E-state index >= 15 is 0 Å². The van der Waals surface area contributed by atoms with E-state index in [4.69, 9.17) is 23.2 Å². The van der Waals surface area contributed by atoms with Crippen molar-refractivity contribution in [1.82, 2.24) is 10.3 Å². The Morgan fingerprint density at radius 2 is 1.68 bits per heavy atom. The first-order valence-electron chi connectivity index (χ1n) is 11.8. The Kier molecular flexibility index (Phi) is 9.91. The number of nitrogens with one attached hydrogen (secondary N) is 3. The van der Waals surface area contributed by atoms with Crippen LogP contribution in [0.1, 0.15) is 15.9 Å². The van der Waals surface area contributed by atoms with E-state index in [-0.39, 0.29) is 27.9 Å². The normalized spacial score (nSPS) is 11.0. The molecule has 0 unspecified atom stereocenters. The van der Waals surface area contributed by atoms with Crippen molar-refractivity contribution in [3.05, 3.63) is 124 Å². The smallest absolute Gasteiger partial charge is 0.272 e. The van der Waals surface area contributed by atoms with Gasteiger partial charge in [-0.15, -0.1) is 11.8 Å². The van der Waals surface area contributed by atoms with Gasteiger partial charge in [0.25, 0.3) is 11.8 Å². The number of halogens is 3. The zero-order chi connectivity index (χ0) is 28.5. The molecule has 0 aliphatic carbocycles. The van der Waals surface area contributed by atoms with Crippen LogP contribution in [0.15, 0.2) is 102 Å². The van der Waals surface area contributed by atoms with Gasteiger partial charge >= 0.3 is 0 Å². The predicted octanol–water partition coefficient (Wildman–Crippen LogP) is 6.67. The summed E-state index contributed by atoms with van der Waals surface area (Å²) in [5.74, 6) is -1.71. The van der Waals surface area contributed by atoms with Gasteiger partial charge in [-0.25, -0.2) is 9.37 Å². The molecule has 1 aromatic heterocycles. The van der Waals surface area contributed by atoms with Crippen LogP contribution >= 0.6 is 35.0 Å². The quantitative estimate of drug-likeness (QED) is 0.148. The number of nitrogens with zero attached hydrogens (tertiary/aromatic N) is 1. The minimum absolute atomic E-state index is 0.0480. The number of carbonyl (C=O) groups excluding carboxylic acids is 3. The first-order chi connectivity index (χ1) is 19.3. The van der Waals surface area contributed by atoms with E-state index in [1.165, 1.54) is 42.2 Å². The van der Waals surface area contributed by atoms with Crippen molar-refractivity contribution in [2.24, 2.45) is 0 Å². The lowest BCUT2D eigenvalue weighted by Gasteiger charge is -2.13. The summed E-state index contributed by atoms with van der Waals surface area (Å²) < 4.78 is 14.5. The summed E-state index contributed by atoms with van der Waals surface area (Å²) in [4.78, 5) is 43.1. The van der Waals surface area contributed by atoms with Crippen molar-refractivity contribution in [2.45, 2.75) is 4.90 Å². The van der Waals surface area contributed by atoms with Crippen LogP contribution in [0.2, 0.25) is 10.0 Å². The Labute approximate surface area is 243 Å². The largest absolute Gasteiger partial charge is 0.321 e. The third kappa shape index (κ3) is 8.16. The van der Waals surface area contributed by atoms with Crippen molar-refractivity contribution in [2.75, 3.05) is 16.4 Å². The first kappa shape index (κ1) is 28.8. The van der Waals surface area contributed by atoms with E-state index < -0.39 is 17.6 Å². The molecule has 3 aromatic carbocycles. The molecule has 3 N–H and O–H groups in total. The second-order valence-electron chi connectivity index (χ2n) is 8.19. The number of hydrogen-bond acceptors (Lipinski definition) is 5. The number of benzene rings is 3. The number of aromatic nitrogens is 1. The highest BCUT2D eigenvalue weighted by molar-refractivity contribution is 8.00. The van der Waals surface area contributed by atoms with Crippen molar-refractivity contribution >= 4 is 70.3 Å². The standard InChI is InChI=1S/C29H21Cl2FN4O3S/c30-19-12-13-26(33-16-19)36-27(37)17-40-21-9-4-8-20(14-21)34-29(39)25(15-22-23(31)10-5-11-24(22)32)35-28(38)18-6-2-1-3-7-18/h1-16H,17H2,(H,34,39)(H,35,38)(H,33,36,37)/b25-15+. The lowest BCUT2D eigenvalue weighted by Crippen LogP contribution is -2.30. The molecule has 0 saturated heterocycles. The van der Waals surface area contributed by atoms with Gasteiger partial charge < -0.3 is 16.0 Å². The highest BCUT2D eigenvalue weighted by Crippen LogP contribution is 2.24. The van der Waals surface area contributed by atoms with Crippen LogP contribution in [0.4, 0.5) is 15.9 Å². The van der Waals surface area contributed by atoms with Gasteiger partial charge in [0.2, 0.25) is 5.91 Å². The van der Waals surface area contributed by atoms with Crippen molar-refractivity contribution in [3.63, 3.8) is 0 Å². The van der Waals surface area contributed by atoms with Crippen LogP contribution in [0.25, 0.3) is 6.08 Å². The maximum Gasteiger partial charge on any atom is 0.272 e. The van der Waals surface area contributed by atoms with Gasteiger partial charge in [0.1, 0.15) is 17.3 Å². The number of hydrogen-bond donors (Lipinski definition) is 3. The average Bonchev–Trinajstić information content (AvgIpc) is 2.95. The van der Waals surface area contributed by atoms with Gasteiger partial charge in [0.15, 0.2) is 0 Å². The third-order valence-electron chi connectivity index (χ3n) is 5.27. The Balaban J connectivity index is 1.48. The van der Waals surface area contributed by atoms with E-state index in [0.717, 1.165) is 0 Å². The molecule has 40 heavy (non-hydrogen) atoms. The summed E-state index contributed by atoms with van der Waals surface area (Å²) in [5.41, 5.74) is 0.447. The summed E-state index contributed by atoms with van der Waals surface area (Å²) in [6.07, 6.45) is 2.61. The lowest BCUT2D eigenvalue weighted by atomic mass is 10.1. The fraction of sp³-hybridized carbons (Fsp3) is 0.0345. The van der Waals surface area contributed by atoms with Crippen LogP contribution in [0, 0.1) is 5.82 Å². The molecule has 0 aliphatic rings. The SMILES string of the molecule is O=C(CSc1cccc(NC(=O)/C(=C\c2c(F)cccc2Cl)NC(=O)c2ccccc2)c1)Nc1ccc(Cl)cn1. The number of carbonyl (C=O) groups is 3. The van der Waals surface area contributed by atoms with E-state index in [9.17, 15) is 18.8 Å². The molecule has 0 atom stereocenters. The molecule has 202 valence electrons. The van der Waals surface area contributed by atoms with Crippen LogP contribution in [-0.2, 0) is 9.59 Å². The van der Waals surface area contributed by atoms with Gasteiger partial charge in [0.05, 0.1) is 15.8 Å². The Morgan fingerprint density at radius 3 is 2.40 bits per heavy atom. The highest BCUT2D eigenvalue weighted by atomic mass is 35.5. The molecule has 11 heteroatoms. The van der Waals surface area contributed by atoms with E-state index in [2.05, 4.69) is 20.9 Å². The molecule has 0 saturated carbocycles. The Bertz CT molecular complexity index is 1550. The number of pyridine rings is 1. The van der Waals surface area contributed by atoms with Crippen molar-refractivity contribution in [1.29, 1.82) is 0 Å². The molecule has 1 heterocycles. The summed E-state index contributed by atoms with van der Waals surface area (Å²) in [7, 11) is 0. The average molecular weight is 595 g/mol. The number of anilines is 2.